The van der Waals surface area contributed by atoms with Crippen LogP contribution in [-0.2, 0) is 15.5 Å². The second kappa shape index (κ2) is 7.37. The summed E-state index contributed by atoms with van der Waals surface area (Å²) < 4.78 is 31.2. The van der Waals surface area contributed by atoms with Crippen LogP contribution in [0.5, 0.6) is 5.75 Å². The molecule has 29 heavy (non-hydrogen) atoms. The van der Waals surface area contributed by atoms with Gasteiger partial charge in [-0.3, -0.25) is 0 Å². The van der Waals surface area contributed by atoms with Gasteiger partial charge in [0.25, 0.3) is 0 Å². The highest BCUT2D eigenvalue weighted by molar-refractivity contribution is 7.87. The molecule has 0 saturated carbocycles. The van der Waals surface area contributed by atoms with Gasteiger partial charge in [0, 0.05) is 10.8 Å². The molecular weight excluding hydrogens is 380 g/mol. The topological polar surface area (TPSA) is 43.4 Å². The van der Waals surface area contributed by atoms with E-state index in [-0.39, 0.29) is 10.3 Å². The number of rotatable bonds is 5. The molecule has 0 bridgehead atoms. The first-order valence-electron chi connectivity index (χ1n) is 9.46. The molecule has 4 rings (SSSR count). The SMILES string of the molecule is CC(C)(c1ccccc1)c1ccc(OS(=O)(=O)c2cccc3ccccc23)cc1. The van der Waals surface area contributed by atoms with Crippen molar-refractivity contribution in [3.8, 4) is 5.75 Å². The van der Waals surface area contributed by atoms with Crippen LogP contribution >= 0.6 is 0 Å². The van der Waals surface area contributed by atoms with E-state index in [2.05, 4.69) is 26.0 Å². The zero-order chi connectivity index (χ0) is 20.5. The Morgan fingerprint density at radius 2 is 1.24 bits per heavy atom. The van der Waals surface area contributed by atoms with Gasteiger partial charge >= 0.3 is 10.1 Å². The van der Waals surface area contributed by atoms with Gasteiger partial charge in [-0.15, -0.1) is 0 Å². The fourth-order valence-corrected chi connectivity index (χ4v) is 4.69. The first-order chi connectivity index (χ1) is 13.9. The van der Waals surface area contributed by atoms with Gasteiger partial charge in [0.15, 0.2) is 0 Å². The van der Waals surface area contributed by atoms with Crippen molar-refractivity contribution >= 4 is 20.9 Å². The lowest BCUT2D eigenvalue weighted by Crippen LogP contribution is -2.18. The molecule has 0 amide bonds. The fraction of sp³-hybridized carbons (Fsp3) is 0.120. The Balaban J connectivity index is 1.63. The maximum absolute atomic E-state index is 12.9. The average molecular weight is 403 g/mol. The Morgan fingerprint density at radius 1 is 0.655 bits per heavy atom. The van der Waals surface area contributed by atoms with E-state index in [1.54, 1.807) is 30.3 Å². The summed E-state index contributed by atoms with van der Waals surface area (Å²) in [6.07, 6.45) is 0. The van der Waals surface area contributed by atoms with Crippen LogP contribution < -0.4 is 4.18 Å². The molecule has 0 atom stereocenters. The van der Waals surface area contributed by atoms with Crippen LogP contribution in [0.15, 0.2) is 102 Å². The van der Waals surface area contributed by atoms with E-state index >= 15 is 0 Å². The lowest BCUT2D eigenvalue weighted by atomic mass is 9.78. The van der Waals surface area contributed by atoms with Gasteiger partial charge in [0.05, 0.1) is 0 Å². The third-order valence-electron chi connectivity index (χ3n) is 5.30. The van der Waals surface area contributed by atoms with Crippen LogP contribution in [0.25, 0.3) is 10.8 Å². The van der Waals surface area contributed by atoms with Crippen LogP contribution in [0, 0.1) is 0 Å². The van der Waals surface area contributed by atoms with Crippen molar-refractivity contribution in [3.63, 3.8) is 0 Å². The lowest BCUT2D eigenvalue weighted by molar-refractivity contribution is 0.486. The number of benzene rings is 4. The predicted molar refractivity (Wildman–Crippen MR) is 117 cm³/mol. The van der Waals surface area contributed by atoms with Gasteiger partial charge in [0.2, 0.25) is 0 Å². The van der Waals surface area contributed by atoms with Crippen molar-refractivity contribution in [1.82, 2.24) is 0 Å². The zero-order valence-electron chi connectivity index (χ0n) is 16.4. The van der Waals surface area contributed by atoms with Crippen molar-refractivity contribution in [2.45, 2.75) is 24.2 Å². The molecule has 0 fully saturated rings. The molecule has 0 radical (unpaired) electrons. The molecule has 0 aliphatic carbocycles. The highest BCUT2D eigenvalue weighted by Gasteiger charge is 2.24. The minimum atomic E-state index is -3.94. The summed E-state index contributed by atoms with van der Waals surface area (Å²) in [5, 5.41) is 1.51. The van der Waals surface area contributed by atoms with E-state index < -0.39 is 10.1 Å². The predicted octanol–water partition coefficient (Wildman–Crippen LogP) is 5.93. The Bertz CT molecular complexity index is 1240. The molecule has 0 aromatic heterocycles. The molecule has 4 aromatic carbocycles. The first-order valence-corrected chi connectivity index (χ1v) is 10.9. The summed E-state index contributed by atoms with van der Waals surface area (Å²) in [6.45, 7) is 4.29. The quantitative estimate of drug-likeness (QED) is 0.388. The van der Waals surface area contributed by atoms with Crippen LogP contribution in [-0.4, -0.2) is 8.42 Å². The van der Waals surface area contributed by atoms with Crippen molar-refractivity contribution in [1.29, 1.82) is 0 Å². The number of hydrogen-bond donors (Lipinski definition) is 0. The molecule has 3 nitrogen and oxygen atoms in total. The summed E-state index contributed by atoms with van der Waals surface area (Å²) in [5.41, 5.74) is 2.07. The molecule has 0 saturated heterocycles. The Hall–Kier alpha value is -3.11. The smallest absolute Gasteiger partial charge is 0.339 e. The van der Waals surface area contributed by atoms with Gasteiger partial charge in [-0.25, -0.2) is 0 Å². The standard InChI is InChI=1S/C25H22O3S/c1-25(2,20-11-4-3-5-12-20)21-15-17-22(18-16-21)28-29(26,27)24-14-8-10-19-9-6-7-13-23(19)24/h3-18H,1-2H3. The Labute approximate surface area is 171 Å². The Kier molecular flexibility index (Phi) is 4.89. The van der Waals surface area contributed by atoms with E-state index in [0.717, 1.165) is 10.9 Å². The van der Waals surface area contributed by atoms with Crippen LogP contribution in [0.1, 0.15) is 25.0 Å². The highest BCUT2D eigenvalue weighted by atomic mass is 32.2. The van der Waals surface area contributed by atoms with Gasteiger partial charge in [0.1, 0.15) is 10.6 Å². The first kappa shape index (κ1) is 19.2. The molecule has 4 heteroatoms. The van der Waals surface area contributed by atoms with Gasteiger partial charge in [-0.2, -0.15) is 8.42 Å². The minimum absolute atomic E-state index is 0.171. The van der Waals surface area contributed by atoms with Crippen molar-refractivity contribution in [3.05, 3.63) is 108 Å². The van der Waals surface area contributed by atoms with Crippen LogP contribution in [0.2, 0.25) is 0 Å². The molecule has 0 spiro atoms. The van der Waals surface area contributed by atoms with Crippen LogP contribution in [0.4, 0.5) is 0 Å². The third-order valence-corrected chi connectivity index (χ3v) is 6.60. The molecular formula is C25H22O3S. The minimum Gasteiger partial charge on any atom is -0.379 e. The van der Waals surface area contributed by atoms with Gasteiger partial charge in [-0.05, 0) is 34.7 Å². The summed E-state index contributed by atoms with van der Waals surface area (Å²) in [5.74, 6) is 0.297. The second-order valence-electron chi connectivity index (χ2n) is 7.53. The number of fused-ring (bicyclic) bond motifs is 1. The monoisotopic (exact) mass is 402 g/mol. The normalized spacial score (nSPS) is 12.1. The average Bonchev–Trinajstić information content (AvgIpc) is 2.74. The van der Waals surface area contributed by atoms with E-state index in [1.807, 2.05) is 54.6 Å². The summed E-state index contributed by atoms with van der Waals surface area (Å²) in [7, 11) is -3.94. The maximum atomic E-state index is 12.9. The van der Waals surface area contributed by atoms with E-state index in [1.165, 1.54) is 5.56 Å². The molecule has 4 aromatic rings. The van der Waals surface area contributed by atoms with Crippen molar-refractivity contribution in [2.24, 2.45) is 0 Å². The molecule has 0 heterocycles. The van der Waals surface area contributed by atoms with Crippen molar-refractivity contribution < 1.29 is 12.6 Å². The molecule has 0 unspecified atom stereocenters. The van der Waals surface area contributed by atoms with Gasteiger partial charge < -0.3 is 4.18 Å². The molecule has 0 N–H and O–H groups in total. The van der Waals surface area contributed by atoms with E-state index in [9.17, 15) is 8.42 Å². The summed E-state index contributed by atoms with van der Waals surface area (Å²) in [6, 6.07) is 30.0. The largest absolute Gasteiger partial charge is 0.379 e. The third kappa shape index (κ3) is 3.76. The lowest BCUT2D eigenvalue weighted by Gasteiger charge is -2.26. The maximum Gasteiger partial charge on any atom is 0.339 e. The van der Waals surface area contributed by atoms with E-state index in [4.69, 9.17) is 4.18 Å². The van der Waals surface area contributed by atoms with E-state index in [0.29, 0.717) is 11.1 Å². The molecule has 0 aliphatic heterocycles. The summed E-state index contributed by atoms with van der Waals surface area (Å²) in [4.78, 5) is 0.171. The second-order valence-corrected chi connectivity index (χ2v) is 9.04. The zero-order valence-corrected chi connectivity index (χ0v) is 17.2. The molecule has 146 valence electrons. The fourth-order valence-electron chi connectivity index (χ4n) is 3.53. The van der Waals surface area contributed by atoms with Crippen molar-refractivity contribution in [2.75, 3.05) is 0 Å². The molecule has 0 aliphatic rings. The van der Waals surface area contributed by atoms with Crippen LogP contribution in [0.3, 0.4) is 0 Å². The number of hydrogen-bond acceptors (Lipinski definition) is 3. The van der Waals surface area contributed by atoms with Gasteiger partial charge in [-0.1, -0.05) is 92.7 Å². The Morgan fingerprint density at radius 3 is 1.97 bits per heavy atom. The summed E-state index contributed by atoms with van der Waals surface area (Å²) >= 11 is 0. The highest BCUT2D eigenvalue weighted by Crippen LogP contribution is 2.33.